The van der Waals surface area contributed by atoms with Gasteiger partial charge in [0.05, 0.1) is 12.7 Å². The van der Waals surface area contributed by atoms with Crippen LogP contribution in [0, 0.1) is 0 Å². The Kier molecular flexibility index (Phi) is 5.23. The van der Waals surface area contributed by atoms with Crippen LogP contribution in [0.1, 0.15) is 40.1 Å². The van der Waals surface area contributed by atoms with E-state index in [1.807, 2.05) is 4.90 Å². The van der Waals surface area contributed by atoms with Crippen molar-refractivity contribution in [3.8, 4) is 0 Å². The minimum atomic E-state index is -0.386. The fourth-order valence-corrected chi connectivity index (χ4v) is 2.76. The SMILES string of the molecule is COC(=O)c1ccc(Nc2cc(C(=O)N3CCCCC3)ncn2)cc1. The van der Waals surface area contributed by atoms with Gasteiger partial charge in [0.15, 0.2) is 0 Å². The second kappa shape index (κ2) is 7.74. The molecule has 1 fully saturated rings. The summed E-state index contributed by atoms with van der Waals surface area (Å²) in [4.78, 5) is 34.0. The molecule has 7 nitrogen and oxygen atoms in total. The quantitative estimate of drug-likeness (QED) is 0.861. The molecule has 7 heteroatoms. The van der Waals surface area contributed by atoms with Crippen LogP contribution in [0.25, 0.3) is 0 Å². The van der Waals surface area contributed by atoms with E-state index in [9.17, 15) is 9.59 Å². The average Bonchev–Trinajstić information content (AvgIpc) is 2.68. The Morgan fingerprint density at radius 1 is 1.08 bits per heavy atom. The Morgan fingerprint density at radius 3 is 2.48 bits per heavy atom. The number of anilines is 2. The number of benzene rings is 1. The van der Waals surface area contributed by atoms with Crippen LogP contribution in [-0.2, 0) is 4.74 Å². The molecule has 130 valence electrons. The third-order valence-electron chi connectivity index (χ3n) is 4.11. The third kappa shape index (κ3) is 4.12. The van der Waals surface area contributed by atoms with E-state index in [1.54, 1.807) is 30.3 Å². The van der Waals surface area contributed by atoms with Gasteiger partial charge in [0.25, 0.3) is 5.91 Å². The Bertz CT molecular complexity index is 755. The third-order valence-corrected chi connectivity index (χ3v) is 4.11. The molecule has 1 amide bonds. The van der Waals surface area contributed by atoms with E-state index in [2.05, 4.69) is 20.0 Å². The van der Waals surface area contributed by atoms with Crippen molar-refractivity contribution in [2.24, 2.45) is 0 Å². The molecule has 25 heavy (non-hydrogen) atoms. The number of hydrogen-bond donors (Lipinski definition) is 1. The lowest BCUT2D eigenvalue weighted by atomic mass is 10.1. The second-order valence-corrected chi connectivity index (χ2v) is 5.84. The van der Waals surface area contributed by atoms with Gasteiger partial charge in [0.2, 0.25) is 0 Å². The van der Waals surface area contributed by atoms with E-state index >= 15 is 0 Å². The Morgan fingerprint density at radius 2 is 1.80 bits per heavy atom. The van der Waals surface area contributed by atoms with Gasteiger partial charge in [-0.3, -0.25) is 4.79 Å². The fourth-order valence-electron chi connectivity index (χ4n) is 2.76. The van der Waals surface area contributed by atoms with Gasteiger partial charge in [0, 0.05) is 24.8 Å². The Hall–Kier alpha value is -2.96. The number of carbonyl (C=O) groups excluding carboxylic acids is 2. The van der Waals surface area contributed by atoms with Crippen LogP contribution in [0.15, 0.2) is 36.7 Å². The van der Waals surface area contributed by atoms with Crippen molar-refractivity contribution in [1.29, 1.82) is 0 Å². The van der Waals surface area contributed by atoms with Crippen LogP contribution < -0.4 is 5.32 Å². The number of rotatable bonds is 4. The van der Waals surface area contributed by atoms with Gasteiger partial charge in [-0.05, 0) is 43.5 Å². The number of carbonyl (C=O) groups is 2. The zero-order valence-electron chi connectivity index (χ0n) is 14.1. The van der Waals surface area contributed by atoms with Crippen LogP contribution in [-0.4, -0.2) is 46.9 Å². The minimum Gasteiger partial charge on any atom is -0.465 e. The lowest BCUT2D eigenvalue weighted by molar-refractivity contribution is 0.0600. The van der Waals surface area contributed by atoms with Gasteiger partial charge in [-0.15, -0.1) is 0 Å². The summed E-state index contributed by atoms with van der Waals surface area (Å²) in [6, 6.07) is 8.47. The van der Waals surface area contributed by atoms with Crippen molar-refractivity contribution in [1.82, 2.24) is 14.9 Å². The van der Waals surface area contributed by atoms with Gasteiger partial charge < -0.3 is 15.0 Å². The molecule has 0 radical (unpaired) electrons. The number of methoxy groups -OCH3 is 1. The maximum absolute atomic E-state index is 12.5. The Labute approximate surface area is 146 Å². The van der Waals surface area contributed by atoms with Gasteiger partial charge in [-0.25, -0.2) is 14.8 Å². The van der Waals surface area contributed by atoms with Crippen molar-refractivity contribution < 1.29 is 14.3 Å². The average molecular weight is 340 g/mol. The molecule has 1 N–H and O–H groups in total. The molecular formula is C18H20N4O3. The van der Waals surface area contributed by atoms with E-state index in [0.29, 0.717) is 17.1 Å². The molecule has 1 saturated heterocycles. The number of likely N-dealkylation sites (tertiary alicyclic amines) is 1. The first-order chi connectivity index (χ1) is 12.2. The summed E-state index contributed by atoms with van der Waals surface area (Å²) in [6.45, 7) is 1.56. The summed E-state index contributed by atoms with van der Waals surface area (Å²) in [5.41, 5.74) is 1.60. The number of nitrogens with zero attached hydrogens (tertiary/aromatic N) is 3. The van der Waals surface area contributed by atoms with Crippen LogP contribution in [0.4, 0.5) is 11.5 Å². The van der Waals surface area contributed by atoms with Crippen LogP contribution in [0.2, 0.25) is 0 Å². The zero-order chi connectivity index (χ0) is 17.6. The monoisotopic (exact) mass is 340 g/mol. The van der Waals surface area contributed by atoms with E-state index < -0.39 is 0 Å². The van der Waals surface area contributed by atoms with Crippen molar-refractivity contribution in [2.75, 3.05) is 25.5 Å². The predicted octanol–water partition coefficient (Wildman–Crippen LogP) is 2.63. The second-order valence-electron chi connectivity index (χ2n) is 5.84. The standard InChI is InChI=1S/C18H20N4O3/c1-25-18(24)13-5-7-14(8-6-13)21-16-11-15(19-12-20-16)17(23)22-9-3-2-4-10-22/h5-8,11-12H,2-4,9-10H2,1H3,(H,19,20,21). The first-order valence-corrected chi connectivity index (χ1v) is 8.24. The number of piperidine rings is 1. The smallest absolute Gasteiger partial charge is 0.337 e. The molecule has 0 saturated carbocycles. The predicted molar refractivity (Wildman–Crippen MR) is 92.9 cm³/mol. The fraction of sp³-hybridized carbons (Fsp3) is 0.333. The van der Waals surface area contributed by atoms with Crippen molar-refractivity contribution in [3.63, 3.8) is 0 Å². The van der Waals surface area contributed by atoms with Crippen molar-refractivity contribution in [2.45, 2.75) is 19.3 Å². The minimum absolute atomic E-state index is 0.0637. The summed E-state index contributed by atoms with van der Waals surface area (Å²) in [5, 5.41) is 3.11. The molecule has 1 aromatic heterocycles. The number of ether oxygens (including phenoxy) is 1. The van der Waals surface area contributed by atoms with E-state index in [4.69, 9.17) is 0 Å². The first-order valence-electron chi connectivity index (χ1n) is 8.24. The first kappa shape index (κ1) is 16.9. The number of esters is 1. The lowest BCUT2D eigenvalue weighted by Crippen LogP contribution is -2.36. The topological polar surface area (TPSA) is 84.4 Å². The van der Waals surface area contributed by atoms with Gasteiger partial charge >= 0.3 is 5.97 Å². The van der Waals surface area contributed by atoms with Gasteiger partial charge in [-0.1, -0.05) is 0 Å². The van der Waals surface area contributed by atoms with Crippen molar-refractivity contribution >= 4 is 23.4 Å². The summed E-state index contributed by atoms with van der Waals surface area (Å²) >= 11 is 0. The molecule has 0 aliphatic carbocycles. The highest BCUT2D eigenvalue weighted by molar-refractivity contribution is 5.93. The molecule has 2 heterocycles. The summed E-state index contributed by atoms with van der Waals surface area (Å²) in [5.74, 6) is 0.0790. The maximum Gasteiger partial charge on any atom is 0.337 e. The molecule has 0 spiro atoms. The molecule has 1 aromatic carbocycles. The van der Waals surface area contributed by atoms with E-state index in [0.717, 1.165) is 31.6 Å². The van der Waals surface area contributed by atoms with E-state index in [1.165, 1.54) is 19.9 Å². The largest absolute Gasteiger partial charge is 0.465 e. The molecule has 1 aliphatic heterocycles. The van der Waals surface area contributed by atoms with Gasteiger partial charge in [0.1, 0.15) is 17.8 Å². The molecule has 2 aromatic rings. The highest BCUT2D eigenvalue weighted by Gasteiger charge is 2.19. The van der Waals surface area contributed by atoms with Crippen LogP contribution in [0.3, 0.4) is 0 Å². The summed E-state index contributed by atoms with van der Waals surface area (Å²) < 4.78 is 4.67. The van der Waals surface area contributed by atoms with Crippen LogP contribution in [0.5, 0.6) is 0 Å². The van der Waals surface area contributed by atoms with Gasteiger partial charge in [-0.2, -0.15) is 0 Å². The molecule has 0 atom stereocenters. The normalized spacial score (nSPS) is 14.0. The highest BCUT2D eigenvalue weighted by atomic mass is 16.5. The lowest BCUT2D eigenvalue weighted by Gasteiger charge is -2.26. The number of aromatic nitrogens is 2. The molecule has 0 unspecified atom stereocenters. The zero-order valence-corrected chi connectivity index (χ0v) is 14.1. The molecular weight excluding hydrogens is 320 g/mol. The number of amides is 1. The molecule has 3 rings (SSSR count). The molecule has 0 bridgehead atoms. The highest BCUT2D eigenvalue weighted by Crippen LogP contribution is 2.17. The maximum atomic E-state index is 12.5. The Balaban J connectivity index is 1.71. The van der Waals surface area contributed by atoms with Crippen molar-refractivity contribution in [3.05, 3.63) is 47.9 Å². The summed E-state index contributed by atoms with van der Waals surface area (Å²) in [6.07, 6.45) is 4.62. The van der Waals surface area contributed by atoms with E-state index in [-0.39, 0.29) is 11.9 Å². The molecule has 1 aliphatic rings. The summed E-state index contributed by atoms with van der Waals surface area (Å²) in [7, 11) is 1.34. The van der Waals surface area contributed by atoms with Crippen LogP contribution >= 0.6 is 0 Å². The number of nitrogens with one attached hydrogen (secondary N) is 1. The number of hydrogen-bond acceptors (Lipinski definition) is 6.